The molecule has 2 rings (SSSR count). The van der Waals surface area contributed by atoms with Crippen LogP contribution in [0.3, 0.4) is 0 Å². The largest absolute Gasteiger partial charge is 0.393 e. The molecule has 0 aliphatic carbocycles. The predicted molar refractivity (Wildman–Crippen MR) is 103 cm³/mol. The van der Waals surface area contributed by atoms with E-state index in [4.69, 9.17) is 0 Å². The fraction of sp³-hybridized carbons (Fsp3) is 0.333. The van der Waals surface area contributed by atoms with Crippen LogP contribution < -0.4 is 0 Å². The Morgan fingerprint density at radius 3 is 2.22 bits per heavy atom. The lowest BCUT2D eigenvalue weighted by Crippen LogP contribution is -2.03. The molecule has 0 bridgehead atoms. The molecular formula is C21H26OS. The molecule has 1 unspecified atom stereocenters. The van der Waals surface area contributed by atoms with Crippen LogP contribution in [-0.2, 0) is 0 Å². The van der Waals surface area contributed by atoms with Gasteiger partial charge in [0.15, 0.2) is 0 Å². The Balaban J connectivity index is 1.73. The van der Waals surface area contributed by atoms with E-state index in [9.17, 15) is 5.11 Å². The van der Waals surface area contributed by atoms with Crippen LogP contribution in [0.2, 0.25) is 0 Å². The van der Waals surface area contributed by atoms with Gasteiger partial charge in [-0.25, -0.2) is 0 Å². The molecule has 1 nitrogen and oxygen atoms in total. The number of aliphatic hydroxyl groups is 1. The Morgan fingerprint density at radius 2 is 1.57 bits per heavy atom. The highest BCUT2D eigenvalue weighted by Crippen LogP contribution is 2.21. The maximum absolute atomic E-state index is 9.52. The first-order valence-electron chi connectivity index (χ1n) is 8.42. The second kappa shape index (κ2) is 10.3. The summed E-state index contributed by atoms with van der Waals surface area (Å²) in [6.07, 6.45) is 8.25. The first kappa shape index (κ1) is 17.8. The average Bonchev–Trinajstić information content (AvgIpc) is 2.61. The third kappa shape index (κ3) is 7.06. The van der Waals surface area contributed by atoms with Crippen molar-refractivity contribution >= 4 is 23.9 Å². The fourth-order valence-corrected chi connectivity index (χ4v) is 3.22. The van der Waals surface area contributed by atoms with Gasteiger partial charge in [0, 0.05) is 4.90 Å². The van der Waals surface area contributed by atoms with E-state index in [1.807, 2.05) is 24.8 Å². The topological polar surface area (TPSA) is 20.2 Å². The van der Waals surface area contributed by atoms with Gasteiger partial charge < -0.3 is 5.11 Å². The van der Waals surface area contributed by atoms with Gasteiger partial charge in [-0.3, -0.25) is 0 Å². The molecule has 2 aromatic carbocycles. The lowest BCUT2D eigenvalue weighted by Gasteiger charge is -2.06. The van der Waals surface area contributed by atoms with Crippen molar-refractivity contribution < 1.29 is 5.11 Å². The maximum atomic E-state index is 9.52. The summed E-state index contributed by atoms with van der Waals surface area (Å²) in [4.78, 5) is 1.32. The lowest BCUT2D eigenvalue weighted by atomic mass is 10.1. The number of aliphatic hydroxyl groups excluding tert-OH is 1. The molecule has 2 heteroatoms. The van der Waals surface area contributed by atoms with Gasteiger partial charge >= 0.3 is 0 Å². The van der Waals surface area contributed by atoms with Gasteiger partial charge in [-0.15, -0.1) is 11.8 Å². The molecule has 0 aliphatic rings. The smallest absolute Gasteiger partial charge is 0.0537 e. The Morgan fingerprint density at radius 1 is 0.913 bits per heavy atom. The summed E-state index contributed by atoms with van der Waals surface area (Å²) in [6, 6.07) is 19.1. The molecule has 0 aliphatic heterocycles. The van der Waals surface area contributed by atoms with Crippen molar-refractivity contribution in [2.75, 3.05) is 5.75 Å². The molecule has 0 saturated carbocycles. The van der Waals surface area contributed by atoms with Crippen molar-refractivity contribution in [3.05, 3.63) is 65.7 Å². The highest BCUT2D eigenvalue weighted by molar-refractivity contribution is 7.99. The van der Waals surface area contributed by atoms with Crippen LogP contribution in [-0.4, -0.2) is 17.0 Å². The molecule has 1 N–H and O–H groups in total. The van der Waals surface area contributed by atoms with E-state index in [-0.39, 0.29) is 6.10 Å². The Bertz CT molecular complexity index is 575. The van der Waals surface area contributed by atoms with E-state index in [1.54, 1.807) is 0 Å². The standard InChI is InChI=1S/C21H26OS/c1-2-20(22)10-6-7-17-23-21-15-13-19(14-16-21)12-11-18-8-4-3-5-9-18/h3-5,8-9,11-16,20,22H,2,6-7,10,17H2,1H3/b12-11+. The van der Waals surface area contributed by atoms with Gasteiger partial charge in [0.2, 0.25) is 0 Å². The van der Waals surface area contributed by atoms with Crippen molar-refractivity contribution in [3.63, 3.8) is 0 Å². The van der Waals surface area contributed by atoms with Crippen molar-refractivity contribution in [2.45, 2.75) is 43.6 Å². The van der Waals surface area contributed by atoms with Crippen LogP contribution in [0.5, 0.6) is 0 Å². The SMILES string of the molecule is CCC(O)CCCCSc1ccc(/C=C/c2ccccc2)cc1. The molecule has 122 valence electrons. The van der Waals surface area contributed by atoms with Crippen LogP contribution in [0.1, 0.15) is 43.7 Å². The van der Waals surface area contributed by atoms with Gasteiger partial charge in [-0.1, -0.05) is 68.0 Å². The monoisotopic (exact) mass is 326 g/mol. The number of rotatable bonds is 9. The van der Waals surface area contributed by atoms with Crippen LogP contribution in [0.25, 0.3) is 12.2 Å². The lowest BCUT2D eigenvalue weighted by molar-refractivity contribution is 0.157. The van der Waals surface area contributed by atoms with Gasteiger partial charge in [-0.05, 0) is 48.3 Å². The summed E-state index contributed by atoms with van der Waals surface area (Å²) in [5.41, 5.74) is 2.45. The van der Waals surface area contributed by atoms with E-state index in [0.29, 0.717) is 0 Å². The third-order valence-electron chi connectivity index (χ3n) is 3.82. The van der Waals surface area contributed by atoms with Gasteiger partial charge in [0.1, 0.15) is 0 Å². The van der Waals surface area contributed by atoms with Crippen molar-refractivity contribution in [1.29, 1.82) is 0 Å². The van der Waals surface area contributed by atoms with E-state index in [1.165, 1.54) is 16.0 Å². The predicted octanol–water partition coefficient (Wildman–Crippen LogP) is 5.89. The maximum Gasteiger partial charge on any atom is 0.0537 e. The van der Waals surface area contributed by atoms with E-state index >= 15 is 0 Å². The number of thioether (sulfide) groups is 1. The third-order valence-corrected chi connectivity index (χ3v) is 4.92. The van der Waals surface area contributed by atoms with E-state index in [2.05, 4.69) is 60.7 Å². The minimum atomic E-state index is -0.115. The van der Waals surface area contributed by atoms with Crippen LogP contribution in [0.4, 0.5) is 0 Å². The molecule has 0 spiro atoms. The quantitative estimate of drug-likeness (QED) is 0.352. The zero-order chi connectivity index (χ0) is 16.3. The molecule has 0 saturated heterocycles. The molecule has 2 aromatic rings. The van der Waals surface area contributed by atoms with Crippen molar-refractivity contribution in [3.8, 4) is 0 Å². The second-order valence-corrected chi connectivity index (χ2v) is 6.89. The van der Waals surface area contributed by atoms with E-state index < -0.39 is 0 Å². The number of unbranched alkanes of at least 4 members (excludes halogenated alkanes) is 1. The average molecular weight is 327 g/mol. The van der Waals surface area contributed by atoms with Crippen LogP contribution in [0, 0.1) is 0 Å². The number of benzene rings is 2. The first-order valence-corrected chi connectivity index (χ1v) is 9.40. The molecular weight excluding hydrogens is 300 g/mol. The van der Waals surface area contributed by atoms with E-state index in [0.717, 1.165) is 31.4 Å². The highest BCUT2D eigenvalue weighted by atomic mass is 32.2. The van der Waals surface area contributed by atoms with Gasteiger partial charge in [-0.2, -0.15) is 0 Å². The number of hydrogen-bond donors (Lipinski definition) is 1. The molecule has 0 fully saturated rings. The zero-order valence-electron chi connectivity index (χ0n) is 13.8. The first-order chi connectivity index (χ1) is 11.3. The Hall–Kier alpha value is -1.51. The normalized spacial score (nSPS) is 12.6. The summed E-state index contributed by atoms with van der Waals surface area (Å²) < 4.78 is 0. The summed E-state index contributed by atoms with van der Waals surface area (Å²) in [5, 5.41) is 9.52. The fourth-order valence-electron chi connectivity index (χ4n) is 2.31. The molecule has 1 atom stereocenters. The van der Waals surface area contributed by atoms with Gasteiger partial charge in [0.05, 0.1) is 6.10 Å². The molecule has 0 radical (unpaired) electrons. The van der Waals surface area contributed by atoms with Crippen molar-refractivity contribution in [1.82, 2.24) is 0 Å². The molecule has 0 heterocycles. The minimum Gasteiger partial charge on any atom is -0.393 e. The number of hydrogen-bond acceptors (Lipinski definition) is 2. The van der Waals surface area contributed by atoms with Gasteiger partial charge in [0.25, 0.3) is 0 Å². The summed E-state index contributed by atoms with van der Waals surface area (Å²) in [5.74, 6) is 1.12. The van der Waals surface area contributed by atoms with Crippen LogP contribution >= 0.6 is 11.8 Å². The Labute approximate surface area is 144 Å². The zero-order valence-corrected chi connectivity index (χ0v) is 14.6. The Kier molecular flexibility index (Phi) is 7.99. The summed E-state index contributed by atoms with van der Waals surface area (Å²) in [7, 11) is 0. The molecule has 23 heavy (non-hydrogen) atoms. The van der Waals surface area contributed by atoms with Crippen LogP contribution in [0.15, 0.2) is 59.5 Å². The second-order valence-electron chi connectivity index (χ2n) is 5.72. The summed E-state index contributed by atoms with van der Waals surface area (Å²) >= 11 is 1.90. The highest BCUT2D eigenvalue weighted by Gasteiger charge is 2.00. The molecule has 0 aromatic heterocycles. The summed E-state index contributed by atoms with van der Waals surface area (Å²) in [6.45, 7) is 2.03. The minimum absolute atomic E-state index is 0.115. The molecule has 0 amide bonds. The van der Waals surface area contributed by atoms with Crippen molar-refractivity contribution in [2.24, 2.45) is 0 Å².